The standard InChI is InChI=1S/C10H9N5S/c1-7-12-4-9(16-7)5-15-10-6-13-8(2-11)3-14-10/h3-4,6H,5H2,1H3,(H,14,15). The number of nitrogens with zero attached hydrogens (tertiary/aromatic N) is 4. The number of rotatable bonds is 3. The zero-order valence-corrected chi connectivity index (χ0v) is 9.45. The van der Waals surface area contributed by atoms with Gasteiger partial charge in [0.25, 0.3) is 0 Å². The Balaban J connectivity index is 1.97. The number of aromatic nitrogens is 3. The smallest absolute Gasteiger partial charge is 0.158 e. The second-order valence-electron chi connectivity index (χ2n) is 3.10. The van der Waals surface area contributed by atoms with Crippen molar-refractivity contribution in [3.8, 4) is 6.07 Å². The summed E-state index contributed by atoms with van der Waals surface area (Å²) >= 11 is 1.64. The van der Waals surface area contributed by atoms with Gasteiger partial charge in [-0.1, -0.05) is 0 Å². The van der Waals surface area contributed by atoms with E-state index in [2.05, 4.69) is 20.3 Å². The summed E-state index contributed by atoms with van der Waals surface area (Å²) in [7, 11) is 0. The predicted octanol–water partition coefficient (Wildman–Crippen LogP) is 1.73. The van der Waals surface area contributed by atoms with Gasteiger partial charge >= 0.3 is 0 Å². The van der Waals surface area contributed by atoms with Crippen molar-refractivity contribution in [1.29, 1.82) is 5.26 Å². The summed E-state index contributed by atoms with van der Waals surface area (Å²) < 4.78 is 0. The summed E-state index contributed by atoms with van der Waals surface area (Å²) in [5.41, 5.74) is 0.319. The van der Waals surface area contributed by atoms with Gasteiger partial charge < -0.3 is 5.32 Å². The van der Waals surface area contributed by atoms with Gasteiger partial charge in [-0.25, -0.2) is 15.0 Å². The summed E-state index contributed by atoms with van der Waals surface area (Å²) in [6, 6.07) is 1.92. The van der Waals surface area contributed by atoms with E-state index >= 15 is 0 Å². The van der Waals surface area contributed by atoms with E-state index in [4.69, 9.17) is 5.26 Å². The first kappa shape index (κ1) is 10.5. The van der Waals surface area contributed by atoms with Crippen molar-refractivity contribution in [2.45, 2.75) is 13.5 Å². The highest BCUT2D eigenvalue weighted by Gasteiger charge is 1.99. The first-order valence-electron chi connectivity index (χ1n) is 4.65. The molecule has 2 heterocycles. The molecule has 0 radical (unpaired) electrons. The molecule has 6 heteroatoms. The fraction of sp³-hybridized carbons (Fsp3) is 0.200. The molecule has 16 heavy (non-hydrogen) atoms. The summed E-state index contributed by atoms with van der Waals surface area (Å²) in [6.07, 6.45) is 4.83. The lowest BCUT2D eigenvalue weighted by molar-refractivity contribution is 1.09. The molecule has 0 aromatic carbocycles. The van der Waals surface area contributed by atoms with Gasteiger partial charge in [-0.15, -0.1) is 11.3 Å². The highest BCUT2D eigenvalue weighted by molar-refractivity contribution is 7.11. The number of hydrogen-bond donors (Lipinski definition) is 1. The first-order valence-corrected chi connectivity index (χ1v) is 5.47. The molecule has 2 aromatic heterocycles. The van der Waals surface area contributed by atoms with Crippen LogP contribution in [0.2, 0.25) is 0 Å². The number of nitrogens with one attached hydrogen (secondary N) is 1. The maximum atomic E-state index is 8.56. The van der Waals surface area contributed by atoms with Crippen LogP contribution in [0.25, 0.3) is 0 Å². The van der Waals surface area contributed by atoms with Crippen LogP contribution < -0.4 is 5.32 Å². The van der Waals surface area contributed by atoms with E-state index in [1.165, 1.54) is 6.20 Å². The molecule has 0 saturated carbocycles. The van der Waals surface area contributed by atoms with Crippen LogP contribution in [0.3, 0.4) is 0 Å². The number of hydrogen-bond acceptors (Lipinski definition) is 6. The minimum atomic E-state index is 0.319. The lowest BCUT2D eigenvalue weighted by Gasteiger charge is -2.01. The summed E-state index contributed by atoms with van der Waals surface area (Å²) in [4.78, 5) is 13.3. The zero-order valence-electron chi connectivity index (χ0n) is 8.64. The van der Waals surface area contributed by atoms with Gasteiger partial charge in [-0.2, -0.15) is 5.26 Å². The SMILES string of the molecule is Cc1ncc(CNc2cnc(C#N)cn2)s1. The van der Waals surface area contributed by atoms with E-state index in [-0.39, 0.29) is 0 Å². The minimum Gasteiger partial charge on any atom is -0.364 e. The normalized spacial score (nSPS) is 9.75. The average molecular weight is 231 g/mol. The molecular formula is C10H9N5S. The van der Waals surface area contributed by atoms with E-state index in [1.54, 1.807) is 17.5 Å². The van der Waals surface area contributed by atoms with Crippen LogP contribution in [0, 0.1) is 18.3 Å². The van der Waals surface area contributed by atoms with Crippen LogP contribution in [0.1, 0.15) is 15.6 Å². The Morgan fingerprint density at radius 2 is 2.19 bits per heavy atom. The molecule has 0 spiro atoms. The second-order valence-corrected chi connectivity index (χ2v) is 4.42. The molecule has 2 rings (SSSR count). The topological polar surface area (TPSA) is 74.5 Å². The van der Waals surface area contributed by atoms with Gasteiger partial charge in [0.05, 0.1) is 23.9 Å². The molecular weight excluding hydrogens is 222 g/mol. The van der Waals surface area contributed by atoms with Gasteiger partial charge in [-0.05, 0) is 6.92 Å². The predicted molar refractivity (Wildman–Crippen MR) is 60.9 cm³/mol. The maximum absolute atomic E-state index is 8.56. The highest BCUT2D eigenvalue weighted by Crippen LogP contribution is 2.12. The molecule has 5 nitrogen and oxygen atoms in total. The summed E-state index contributed by atoms with van der Waals surface area (Å²) in [6.45, 7) is 2.64. The van der Waals surface area contributed by atoms with Crippen LogP contribution in [-0.2, 0) is 6.54 Å². The van der Waals surface area contributed by atoms with Crippen molar-refractivity contribution in [1.82, 2.24) is 15.0 Å². The first-order chi connectivity index (χ1) is 7.78. The van der Waals surface area contributed by atoms with Crippen LogP contribution in [0.5, 0.6) is 0 Å². The highest BCUT2D eigenvalue weighted by atomic mass is 32.1. The molecule has 80 valence electrons. The molecule has 0 unspecified atom stereocenters. The van der Waals surface area contributed by atoms with Crippen molar-refractivity contribution < 1.29 is 0 Å². The Hall–Kier alpha value is -2.00. The van der Waals surface area contributed by atoms with Crippen LogP contribution in [-0.4, -0.2) is 15.0 Å². The van der Waals surface area contributed by atoms with Crippen molar-refractivity contribution in [2.75, 3.05) is 5.32 Å². The molecule has 0 amide bonds. The van der Waals surface area contributed by atoms with Gasteiger partial charge in [0, 0.05) is 11.1 Å². The van der Waals surface area contributed by atoms with Crippen molar-refractivity contribution in [3.05, 3.63) is 34.2 Å². The Kier molecular flexibility index (Phi) is 3.08. The third-order valence-corrected chi connectivity index (χ3v) is 2.79. The molecule has 0 aliphatic carbocycles. The quantitative estimate of drug-likeness (QED) is 0.870. The monoisotopic (exact) mass is 231 g/mol. The molecule has 0 aliphatic rings. The van der Waals surface area contributed by atoms with Gasteiger partial charge in [0.15, 0.2) is 5.69 Å². The lowest BCUT2D eigenvalue weighted by Crippen LogP contribution is -2.00. The van der Waals surface area contributed by atoms with Crippen molar-refractivity contribution >= 4 is 17.2 Å². The number of thiazole rings is 1. The van der Waals surface area contributed by atoms with Crippen LogP contribution in [0.15, 0.2) is 18.6 Å². The molecule has 2 aromatic rings. The third kappa shape index (κ3) is 2.52. The van der Waals surface area contributed by atoms with E-state index in [0.717, 1.165) is 9.88 Å². The minimum absolute atomic E-state index is 0.319. The van der Waals surface area contributed by atoms with Gasteiger partial charge in [0.1, 0.15) is 11.9 Å². The molecule has 0 fully saturated rings. The maximum Gasteiger partial charge on any atom is 0.158 e. The third-order valence-electron chi connectivity index (χ3n) is 1.88. The van der Waals surface area contributed by atoms with Crippen LogP contribution in [0.4, 0.5) is 5.82 Å². The Labute approximate surface area is 96.8 Å². The lowest BCUT2D eigenvalue weighted by atomic mass is 10.5. The molecule has 0 atom stereocenters. The van der Waals surface area contributed by atoms with E-state index in [0.29, 0.717) is 18.1 Å². The van der Waals surface area contributed by atoms with Crippen LogP contribution >= 0.6 is 11.3 Å². The Morgan fingerprint density at radius 1 is 1.31 bits per heavy atom. The number of anilines is 1. The van der Waals surface area contributed by atoms with Crippen molar-refractivity contribution in [3.63, 3.8) is 0 Å². The Morgan fingerprint density at radius 3 is 2.75 bits per heavy atom. The summed E-state index contributed by atoms with van der Waals surface area (Å²) in [5.74, 6) is 0.657. The largest absolute Gasteiger partial charge is 0.364 e. The molecule has 0 saturated heterocycles. The van der Waals surface area contributed by atoms with E-state index in [1.807, 2.05) is 19.2 Å². The van der Waals surface area contributed by atoms with Gasteiger partial charge in [-0.3, -0.25) is 0 Å². The summed E-state index contributed by atoms with van der Waals surface area (Å²) in [5, 5.41) is 12.7. The van der Waals surface area contributed by atoms with Gasteiger partial charge in [0.2, 0.25) is 0 Å². The fourth-order valence-corrected chi connectivity index (χ4v) is 1.88. The average Bonchev–Trinajstić information content (AvgIpc) is 2.73. The number of nitriles is 1. The fourth-order valence-electron chi connectivity index (χ4n) is 1.14. The second kappa shape index (κ2) is 4.68. The van der Waals surface area contributed by atoms with Crippen molar-refractivity contribution in [2.24, 2.45) is 0 Å². The number of aryl methyl sites for hydroxylation is 1. The molecule has 1 N–H and O–H groups in total. The van der Waals surface area contributed by atoms with E-state index in [9.17, 15) is 0 Å². The van der Waals surface area contributed by atoms with E-state index < -0.39 is 0 Å². The molecule has 0 bridgehead atoms. The Bertz CT molecular complexity index is 511. The zero-order chi connectivity index (χ0) is 11.4. The molecule has 0 aliphatic heterocycles.